The van der Waals surface area contributed by atoms with Gasteiger partial charge in [-0.25, -0.2) is 9.98 Å². The van der Waals surface area contributed by atoms with Gasteiger partial charge < -0.3 is 13.9 Å². The summed E-state index contributed by atoms with van der Waals surface area (Å²) >= 11 is 0. The predicted octanol–water partition coefficient (Wildman–Crippen LogP) is 4.17. The molecular weight excluding hydrogens is 312 g/mol. The van der Waals surface area contributed by atoms with Gasteiger partial charge in [-0.1, -0.05) is 18.6 Å². The average Bonchev–Trinajstić information content (AvgIpc) is 3.22. The third kappa shape index (κ3) is 3.66. The number of fused-ring (bicyclic) bond motifs is 1. The standard InChI is InChI=1S/C20H24N4O/c1-16-9-10-17(25-16)15-21-20-22-18-7-3-4-8-19(18)24(20)14-13-23-11-5-2-6-12-23/h3-4,7-10,15H,2,5-6,11-14H2,1H3/b21-15+. The molecule has 25 heavy (non-hydrogen) atoms. The maximum Gasteiger partial charge on any atom is 0.230 e. The van der Waals surface area contributed by atoms with E-state index in [0.717, 1.165) is 41.6 Å². The molecule has 0 N–H and O–H groups in total. The molecule has 0 spiro atoms. The molecule has 0 amide bonds. The monoisotopic (exact) mass is 336 g/mol. The van der Waals surface area contributed by atoms with Crippen molar-refractivity contribution in [3.63, 3.8) is 0 Å². The highest BCUT2D eigenvalue weighted by molar-refractivity contribution is 5.81. The molecule has 0 aliphatic carbocycles. The summed E-state index contributed by atoms with van der Waals surface area (Å²) in [7, 11) is 0. The lowest BCUT2D eigenvalue weighted by Crippen LogP contribution is -2.32. The zero-order valence-electron chi connectivity index (χ0n) is 14.7. The molecule has 5 nitrogen and oxygen atoms in total. The first-order valence-corrected chi connectivity index (χ1v) is 9.08. The first-order chi connectivity index (χ1) is 12.3. The molecule has 0 bridgehead atoms. The maximum atomic E-state index is 5.58. The predicted molar refractivity (Wildman–Crippen MR) is 101 cm³/mol. The lowest BCUT2D eigenvalue weighted by Gasteiger charge is -2.26. The van der Waals surface area contributed by atoms with Gasteiger partial charge in [0, 0.05) is 13.1 Å². The second-order valence-electron chi connectivity index (χ2n) is 6.66. The highest BCUT2D eigenvalue weighted by Crippen LogP contribution is 2.22. The van der Waals surface area contributed by atoms with Crippen LogP contribution in [0.3, 0.4) is 0 Å². The van der Waals surface area contributed by atoms with Crippen LogP contribution in [0.15, 0.2) is 45.8 Å². The van der Waals surface area contributed by atoms with E-state index in [0.29, 0.717) is 0 Å². The Bertz CT molecular complexity index is 871. The van der Waals surface area contributed by atoms with Gasteiger partial charge in [-0.2, -0.15) is 0 Å². The van der Waals surface area contributed by atoms with Gasteiger partial charge in [-0.15, -0.1) is 0 Å². The Labute approximate surface area is 148 Å². The third-order valence-electron chi connectivity index (χ3n) is 4.79. The van der Waals surface area contributed by atoms with E-state index in [9.17, 15) is 0 Å². The molecule has 0 saturated carbocycles. The molecule has 3 aromatic rings. The summed E-state index contributed by atoms with van der Waals surface area (Å²) in [5, 5.41) is 0. The Hall–Kier alpha value is -2.40. The summed E-state index contributed by atoms with van der Waals surface area (Å²) in [6, 6.07) is 12.1. The SMILES string of the molecule is Cc1ccc(/C=N/c2nc3ccccc3n2CCN2CCCCC2)o1. The normalized spacial score (nSPS) is 16.2. The number of hydrogen-bond acceptors (Lipinski definition) is 4. The Morgan fingerprint density at radius 3 is 2.72 bits per heavy atom. The molecule has 0 radical (unpaired) electrons. The van der Waals surface area contributed by atoms with Gasteiger partial charge in [-0.05, 0) is 57.1 Å². The molecule has 130 valence electrons. The van der Waals surface area contributed by atoms with E-state index in [1.807, 2.05) is 31.2 Å². The fourth-order valence-electron chi connectivity index (χ4n) is 3.45. The second kappa shape index (κ2) is 7.23. The number of piperidine rings is 1. The molecule has 1 aliphatic heterocycles. The van der Waals surface area contributed by atoms with Crippen LogP contribution in [0.4, 0.5) is 5.95 Å². The molecule has 0 atom stereocenters. The van der Waals surface area contributed by atoms with Gasteiger partial charge in [0.2, 0.25) is 5.95 Å². The number of benzene rings is 1. The summed E-state index contributed by atoms with van der Waals surface area (Å²) in [6.07, 6.45) is 5.75. The molecule has 5 heteroatoms. The fraction of sp³-hybridized carbons (Fsp3) is 0.400. The number of aromatic nitrogens is 2. The molecule has 3 heterocycles. The second-order valence-corrected chi connectivity index (χ2v) is 6.66. The third-order valence-corrected chi connectivity index (χ3v) is 4.79. The molecule has 1 saturated heterocycles. The summed E-state index contributed by atoms with van der Waals surface area (Å²) in [4.78, 5) is 11.9. The van der Waals surface area contributed by atoms with Crippen molar-refractivity contribution in [2.75, 3.05) is 19.6 Å². The minimum absolute atomic E-state index is 0.743. The van der Waals surface area contributed by atoms with Crippen molar-refractivity contribution in [1.29, 1.82) is 0 Å². The number of furan rings is 1. The van der Waals surface area contributed by atoms with Crippen LogP contribution in [0.1, 0.15) is 30.8 Å². The van der Waals surface area contributed by atoms with Gasteiger partial charge in [0.15, 0.2) is 0 Å². The van der Waals surface area contributed by atoms with Crippen LogP contribution in [-0.4, -0.2) is 40.3 Å². The topological polar surface area (TPSA) is 46.6 Å². The zero-order valence-corrected chi connectivity index (χ0v) is 14.7. The van der Waals surface area contributed by atoms with Crippen molar-refractivity contribution >= 4 is 23.2 Å². The average molecular weight is 336 g/mol. The molecule has 1 aliphatic rings. The van der Waals surface area contributed by atoms with Gasteiger partial charge in [0.1, 0.15) is 11.5 Å². The first-order valence-electron chi connectivity index (χ1n) is 9.08. The highest BCUT2D eigenvalue weighted by Gasteiger charge is 2.13. The molecule has 2 aromatic heterocycles. The lowest BCUT2D eigenvalue weighted by atomic mass is 10.1. The molecule has 1 aromatic carbocycles. The number of para-hydroxylation sites is 2. The number of imidazole rings is 1. The molecule has 0 unspecified atom stereocenters. The van der Waals surface area contributed by atoms with Gasteiger partial charge in [-0.3, -0.25) is 0 Å². The van der Waals surface area contributed by atoms with Crippen LogP contribution >= 0.6 is 0 Å². The van der Waals surface area contributed by atoms with Crippen molar-refractivity contribution in [3.05, 3.63) is 47.9 Å². The van der Waals surface area contributed by atoms with Crippen LogP contribution in [0.25, 0.3) is 11.0 Å². The van der Waals surface area contributed by atoms with Crippen molar-refractivity contribution in [2.45, 2.75) is 32.7 Å². The van der Waals surface area contributed by atoms with Crippen LogP contribution in [-0.2, 0) is 6.54 Å². The number of rotatable bonds is 5. The van der Waals surface area contributed by atoms with Crippen molar-refractivity contribution in [1.82, 2.24) is 14.5 Å². The van der Waals surface area contributed by atoms with E-state index in [4.69, 9.17) is 9.40 Å². The quantitative estimate of drug-likeness (QED) is 0.657. The van der Waals surface area contributed by atoms with Crippen LogP contribution in [0.2, 0.25) is 0 Å². The summed E-state index contributed by atoms with van der Waals surface area (Å²) in [5.74, 6) is 2.39. The van der Waals surface area contributed by atoms with Gasteiger partial charge in [0.05, 0.1) is 17.2 Å². The van der Waals surface area contributed by atoms with Gasteiger partial charge >= 0.3 is 0 Å². The van der Waals surface area contributed by atoms with Crippen LogP contribution in [0.5, 0.6) is 0 Å². The number of likely N-dealkylation sites (tertiary alicyclic amines) is 1. The van der Waals surface area contributed by atoms with Gasteiger partial charge in [0.25, 0.3) is 0 Å². The summed E-state index contributed by atoms with van der Waals surface area (Å²) in [6.45, 7) is 6.30. The van der Waals surface area contributed by atoms with Crippen molar-refractivity contribution in [2.24, 2.45) is 4.99 Å². The number of aryl methyl sites for hydroxylation is 1. The Kier molecular flexibility index (Phi) is 4.65. The zero-order chi connectivity index (χ0) is 17.1. The summed E-state index contributed by atoms with van der Waals surface area (Å²) in [5.41, 5.74) is 2.13. The van der Waals surface area contributed by atoms with Crippen molar-refractivity contribution < 1.29 is 4.42 Å². The lowest BCUT2D eigenvalue weighted by molar-refractivity contribution is 0.222. The smallest absolute Gasteiger partial charge is 0.230 e. The van der Waals surface area contributed by atoms with E-state index in [-0.39, 0.29) is 0 Å². The summed E-state index contributed by atoms with van der Waals surface area (Å²) < 4.78 is 7.80. The maximum absolute atomic E-state index is 5.58. The highest BCUT2D eigenvalue weighted by atomic mass is 16.3. The van der Waals surface area contributed by atoms with Crippen LogP contribution in [0, 0.1) is 6.92 Å². The minimum atomic E-state index is 0.743. The molecule has 1 fully saturated rings. The van der Waals surface area contributed by atoms with E-state index in [1.54, 1.807) is 6.21 Å². The first kappa shape index (κ1) is 16.1. The Balaban J connectivity index is 1.59. The van der Waals surface area contributed by atoms with E-state index in [2.05, 4.69) is 26.6 Å². The number of hydrogen-bond donors (Lipinski definition) is 0. The molecule has 4 rings (SSSR count). The number of aliphatic imine (C=N–C) groups is 1. The van der Waals surface area contributed by atoms with E-state index in [1.165, 1.54) is 32.4 Å². The Morgan fingerprint density at radius 1 is 1.08 bits per heavy atom. The van der Waals surface area contributed by atoms with Crippen LogP contribution < -0.4 is 0 Å². The fourth-order valence-corrected chi connectivity index (χ4v) is 3.45. The minimum Gasteiger partial charge on any atom is -0.460 e. The van der Waals surface area contributed by atoms with E-state index < -0.39 is 0 Å². The molecular formula is C20H24N4O. The Morgan fingerprint density at radius 2 is 1.92 bits per heavy atom. The van der Waals surface area contributed by atoms with E-state index >= 15 is 0 Å². The van der Waals surface area contributed by atoms with Crippen molar-refractivity contribution in [3.8, 4) is 0 Å². The largest absolute Gasteiger partial charge is 0.460 e. The number of nitrogens with zero attached hydrogens (tertiary/aromatic N) is 4.